The Hall–Kier alpha value is -0.820. The molecule has 11 heavy (non-hydrogen) atoms. The van der Waals surface area contributed by atoms with E-state index in [0.717, 1.165) is 6.54 Å². The van der Waals surface area contributed by atoms with E-state index in [1.807, 2.05) is 0 Å². The van der Waals surface area contributed by atoms with E-state index in [9.17, 15) is 0 Å². The smallest absolute Gasteiger partial charge is 0.0298 e. The van der Waals surface area contributed by atoms with Crippen LogP contribution in [0.4, 0.5) is 0 Å². The van der Waals surface area contributed by atoms with Gasteiger partial charge in [0.1, 0.15) is 0 Å². The van der Waals surface area contributed by atoms with Crippen LogP contribution in [0.1, 0.15) is 29.7 Å². The molecule has 1 aliphatic heterocycles. The van der Waals surface area contributed by atoms with Crippen molar-refractivity contribution in [3.8, 4) is 0 Å². The van der Waals surface area contributed by atoms with Crippen LogP contribution in [0.25, 0.3) is 0 Å². The second-order valence-corrected chi connectivity index (χ2v) is 3.30. The Bertz CT molecular complexity index is 278. The number of benzene rings is 1. The molecule has 0 bridgehead atoms. The molecule has 0 fully saturated rings. The zero-order valence-corrected chi connectivity index (χ0v) is 7.02. The first-order valence-corrected chi connectivity index (χ1v) is 4.10. The van der Waals surface area contributed by atoms with E-state index in [2.05, 4.69) is 37.4 Å². The summed E-state index contributed by atoms with van der Waals surface area (Å²) in [6, 6.07) is 7.23. The topological polar surface area (TPSA) is 12.0 Å². The van der Waals surface area contributed by atoms with Gasteiger partial charge in [-0.3, -0.25) is 0 Å². The third kappa shape index (κ3) is 1.05. The van der Waals surface area contributed by atoms with Gasteiger partial charge in [0.25, 0.3) is 0 Å². The van der Waals surface area contributed by atoms with E-state index >= 15 is 0 Å². The first-order chi connectivity index (χ1) is 5.27. The van der Waals surface area contributed by atoms with Crippen LogP contribution < -0.4 is 5.32 Å². The summed E-state index contributed by atoms with van der Waals surface area (Å²) >= 11 is 0. The SMILES string of the molecule is Cc1ccc2c(c1)[C@@H](C)NC2. The average molecular weight is 147 g/mol. The summed E-state index contributed by atoms with van der Waals surface area (Å²) in [6.45, 7) is 5.40. The van der Waals surface area contributed by atoms with Crippen LogP contribution in [-0.2, 0) is 6.54 Å². The molecule has 1 heterocycles. The van der Waals surface area contributed by atoms with E-state index < -0.39 is 0 Å². The molecule has 1 nitrogen and oxygen atoms in total. The minimum atomic E-state index is 0.546. The summed E-state index contributed by atoms with van der Waals surface area (Å²) in [5.74, 6) is 0. The zero-order chi connectivity index (χ0) is 7.84. The van der Waals surface area contributed by atoms with Crippen molar-refractivity contribution in [2.45, 2.75) is 26.4 Å². The van der Waals surface area contributed by atoms with E-state index in [1.54, 1.807) is 0 Å². The molecule has 0 amide bonds. The first-order valence-electron chi connectivity index (χ1n) is 4.10. The van der Waals surface area contributed by atoms with E-state index in [4.69, 9.17) is 0 Å². The van der Waals surface area contributed by atoms with Gasteiger partial charge in [-0.05, 0) is 25.0 Å². The van der Waals surface area contributed by atoms with Crippen molar-refractivity contribution in [3.05, 3.63) is 34.9 Å². The molecule has 2 rings (SSSR count). The van der Waals surface area contributed by atoms with Crippen molar-refractivity contribution in [3.63, 3.8) is 0 Å². The third-order valence-electron chi connectivity index (χ3n) is 2.37. The van der Waals surface area contributed by atoms with Gasteiger partial charge < -0.3 is 5.32 Å². The lowest BCUT2D eigenvalue weighted by Gasteiger charge is -2.04. The number of hydrogen-bond donors (Lipinski definition) is 1. The fourth-order valence-electron chi connectivity index (χ4n) is 1.65. The highest BCUT2D eigenvalue weighted by atomic mass is 14.9. The molecule has 1 aromatic rings. The molecule has 1 aromatic carbocycles. The Morgan fingerprint density at radius 3 is 3.09 bits per heavy atom. The number of hydrogen-bond acceptors (Lipinski definition) is 1. The number of fused-ring (bicyclic) bond motifs is 1. The van der Waals surface area contributed by atoms with Gasteiger partial charge in [-0.25, -0.2) is 0 Å². The normalized spacial score (nSPS) is 21.8. The minimum Gasteiger partial charge on any atom is -0.306 e. The van der Waals surface area contributed by atoms with Crippen molar-refractivity contribution in [1.29, 1.82) is 0 Å². The van der Waals surface area contributed by atoms with Crippen LogP contribution in [0.5, 0.6) is 0 Å². The Labute approximate surface area is 67.4 Å². The second-order valence-electron chi connectivity index (χ2n) is 3.30. The molecule has 0 saturated carbocycles. The van der Waals surface area contributed by atoms with Gasteiger partial charge in [-0.2, -0.15) is 0 Å². The second kappa shape index (κ2) is 2.35. The molecule has 0 aliphatic carbocycles. The summed E-state index contributed by atoms with van der Waals surface area (Å²) in [5, 5.41) is 3.41. The van der Waals surface area contributed by atoms with Gasteiger partial charge in [0.2, 0.25) is 0 Å². The van der Waals surface area contributed by atoms with Crippen molar-refractivity contribution in [1.82, 2.24) is 5.32 Å². The molecule has 0 saturated heterocycles. The molecule has 0 radical (unpaired) electrons. The van der Waals surface area contributed by atoms with Crippen molar-refractivity contribution in [2.75, 3.05) is 0 Å². The summed E-state index contributed by atoms with van der Waals surface area (Å²) in [7, 11) is 0. The maximum Gasteiger partial charge on any atom is 0.0298 e. The minimum absolute atomic E-state index is 0.546. The quantitative estimate of drug-likeness (QED) is 0.593. The monoisotopic (exact) mass is 147 g/mol. The van der Waals surface area contributed by atoms with E-state index in [0.29, 0.717) is 6.04 Å². The molecular formula is C10H13N. The van der Waals surface area contributed by atoms with Gasteiger partial charge in [-0.1, -0.05) is 23.8 Å². The highest BCUT2D eigenvalue weighted by Gasteiger charge is 2.16. The van der Waals surface area contributed by atoms with E-state index in [-0.39, 0.29) is 0 Å². The highest BCUT2D eigenvalue weighted by Crippen LogP contribution is 2.25. The molecule has 0 spiro atoms. The largest absolute Gasteiger partial charge is 0.306 e. The van der Waals surface area contributed by atoms with Gasteiger partial charge in [0.15, 0.2) is 0 Å². The van der Waals surface area contributed by atoms with Gasteiger partial charge in [-0.15, -0.1) is 0 Å². The Morgan fingerprint density at radius 2 is 2.27 bits per heavy atom. The summed E-state index contributed by atoms with van der Waals surface area (Å²) in [4.78, 5) is 0. The number of rotatable bonds is 0. The van der Waals surface area contributed by atoms with Crippen molar-refractivity contribution in [2.24, 2.45) is 0 Å². The number of aryl methyl sites for hydroxylation is 1. The molecule has 1 N–H and O–H groups in total. The molecule has 1 heteroatoms. The van der Waals surface area contributed by atoms with Crippen molar-refractivity contribution >= 4 is 0 Å². The zero-order valence-electron chi connectivity index (χ0n) is 7.02. The van der Waals surface area contributed by atoms with E-state index in [1.165, 1.54) is 16.7 Å². The van der Waals surface area contributed by atoms with Crippen LogP contribution >= 0.6 is 0 Å². The number of nitrogens with one attached hydrogen (secondary N) is 1. The Balaban J connectivity index is 2.52. The first kappa shape index (κ1) is 6.86. The Kier molecular flexibility index (Phi) is 1.46. The average Bonchev–Trinajstić information content (AvgIpc) is 2.33. The fraction of sp³-hybridized carbons (Fsp3) is 0.400. The molecule has 0 aromatic heterocycles. The lowest BCUT2D eigenvalue weighted by atomic mass is 10.0. The standard InChI is InChI=1S/C10H13N/c1-7-3-4-9-6-11-8(2)10(9)5-7/h3-5,8,11H,6H2,1-2H3/t8-/m1/s1. The molecular weight excluding hydrogens is 134 g/mol. The van der Waals surface area contributed by atoms with Crippen molar-refractivity contribution < 1.29 is 0 Å². The highest BCUT2D eigenvalue weighted by molar-refractivity contribution is 5.36. The predicted octanol–water partition coefficient (Wildman–Crippen LogP) is 2.16. The van der Waals surface area contributed by atoms with Gasteiger partial charge in [0.05, 0.1) is 0 Å². The molecule has 1 aliphatic rings. The lowest BCUT2D eigenvalue weighted by Crippen LogP contribution is -2.06. The summed E-state index contributed by atoms with van der Waals surface area (Å²) in [6.07, 6.45) is 0. The van der Waals surface area contributed by atoms with Crippen LogP contribution in [-0.4, -0.2) is 0 Å². The third-order valence-corrected chi connectivity index (χ3v) is 2.37. The van der Waals surface area contributed by atoms with Crippen LogP contribution in [0.2, 0.25) is 0 Å². The Morgan fingerprint density at radius 1 is 1.45 bits per heavy atom. The van der Waals surface area contributed by atoms with Gasteiger partial charge in [0, 0.05) is 12.6 Å². The summed E-state index contributed by atoms with van der Waals surface area (Å²) < 4.78 is 0. The predicted molar refractivity (Wildman–Crippen MR) is 46.4 cm³/mol. The molecule has 1 atom stereocenters. The maximum atomic E-state index is 3.41. The van der Waals surface area contributed by atoms with Crippen LogP contribution in [0, 0.1) is 6.92 Å². The van der Waals surface area contributed by atoms with Gasteiger partial charge >= 0.3 is 0 Å². The molecule has 58 valence electrons. The summed E-state index contributed by atoms with van der Waals surface area (Å²) in [5.41, 5.74) is 4.30. The fourth-order valence-corrected chi connectivity index (χ4v) is 1.65. The maximum absolute atomic E-state index is 3.41. The molecule has 0 unspecified atom stereocenters. The lowest BCUT2D eigenvalue weighted by molar-refractivity contribution is 0.633. The van der Waals surface area contributed by atoms with Crippen LogP contribution in [0.3, 0.4) is 0 Å². The van der Waals surface area contributed by atoms with Crippen LogP contribution in [0.15, 0.2) is 18.2 Å².